The molecular weight excluding hydrogens is 373 g/mol. The highest BCUT2D eigenvalue weighted by atomic mass is 35.5. The third kappa shape index (κ3) is 5.86. The Morgan fingerprint density at radius 3 is 2.35 bits per heavy atom. The van der Waals surface area contributed by atoms with Crippen molar-refractivity contribution in [1.82, 2.24) is 10.7 Å². The van der Waals surface area contributed by atoms with Crippen LogP contribution in [0.15, 0.2) is 53.6 Å². The third-order valence-corrected chi connectivity index (χ3v) is 4.07. The Kier molecular flexibility index (Phi) is 7.18. The Bertz CT molecular complexity index is 805. The lowest BCUT2D eigenvalue weighted by molar-refractivity contribution is -0.123. The van der Waals surface area contributed by atoms with Crippen LogP contribution in [0.1, 0.15) is 29.8 Å². The van der Waals surface area contributed by atoms with E-state index in [1.807, 2.05) is 13.8 Å². The van der Waals surface area contributed by atoms with Crippen molar-refractivity contribution < 1.29 is 9.59 Å². The molecule has 7 heteroatoms. The molecule has 0 aliphatic heterocycles. The number of carbonyl (C=O) groups is 2. The van der Waals surface area contributed by atoms with Crippen molar-refractivity contribution in [2.24, 2.45) is 11.0 Å². The van der Waals surface area contributed by atoms with Gasteiger partial charge in [-0.25, -0.2) is 5.43 Å². The molecule has 2 rings (SSSR count). The molecule has 136 valence electrons. The zero-order valence-electron chi connectivity index (χ0n) is 14.4. The lowest BCUT2D eigenvalue weighted by Gasteiger charge is -2.20. The van der Waals surface area contributed by atoms with Crippen LogP contribution in [-0.4, -0.2) is 24.1 Å². The average Bonchev–Trinajstić information content (AvgIpc) is 2.60. The van der Waals surface area contributed by atoms with Crippen LogP contribution in [0.2, 0.25) is 10.0 Å². The maximum Gasteiger partial charge on any atom is 0.262 e. The maximum absolute atomic E-state index is 12.4. The Labute approximate surface area is 162 Å². The van der Waals surface area contributed by atoms with Crippen LogP contribution in [0.4, 0.5) is 0 Å². The number of hydrogen-bond donors (Lipinski definition) is 2. The molecule has 0 saturated carbocycles. The topological polar surface area (TPSA) is 70.6 Å². The summed E-state index contributed by atoms with van der Waals surface area (Å²) in [4.78, 5) is 24.7. The second-order valence-electron chi connectivity index (χ2n) is 5.99. The normalized spacial score (nSPS) is 12.2. The molecule has 2 aromatic rings. The van der Waals surface area contributed by atoms with Crippen LogP contribution >= 0.6 is 23.2 Å². The minimum atomic E-state index is -0.733. The second kappa shape index (κ2) is 9.36. The zero-order chi connectivity index (χ0) is 19.1. The Morgan fingerprint density at radius 1 is 1.04 bits per heavy atom. The van der Waals surface area contributed by atoms with Gasteiger partial charge in [-0.2, -0.15) is 5.10 Å². The molecule has 1 atom stereocenters. The fourth-order valence-corrected chi connectivity index (χ4v) is 2.49. The SMILES string of the molecule is CC(C)C(NC(=O)c1cccc(Cl)c1)C(=O)NN=Cc1ccc(Cl)cc1. The van der Waals surface area contributed by atoms with Crippen molar-refractivity contribution in [2.75, 3.05) is 0 Å². The highest BCUT2D eigenvalue weighted by Gasteiger charge is 2.24. The van der Waals surface area contributed by atoms with Crippen molar-refractivity contribution in [3.63, 3.8) is 0 Å². The predicted octanol–water partition coefficient (Wildman–Crippen LogP) is 3.90. The van der Waals surface area contributed by atoms with Gasteiger partial charge in [0, 0.05) is 15.6 Å². The first-order valence-electron chi connectivity index (χ1n) is 8.01. The largest absolute Gasteiger partial charge is 0.340 e. The average molecular weight is 392 g/mol. The van der Waals surface area contributed by atoms with Gasteiger partial charge in [-0.05, 0) is 41.8 Å². The molecule has 0 radical (unpaired) electrons. The van der Waals surface area contributed by atoms with Gasteiger partial charge in [-0.1, -0.05) is 55.2 Å². The lowest BCUT2D eigenvalue weighted by atomic mass is 10.0. The molecule has 1 unspecified atom stereocenters. The Hall–Kier alpha value is -2.37. The van der Waals surface area contributed by atoms with E-state index < -0.39 is 11.9 Å². The standard InChI is InChI=1S/C19H19Cl2N3O2/c1-12(2)17(23-18(25)14-4-3-5-16(21)10-14)19(26)24-22-11-13-6-8-15(20)9-7-13/h3-12,17H,1-2H3,(H,23,25)(H,24,26). The van der Waals surface area contributed by atoms with Gasteiger partial charge in [0.25, 0.3) is 11.8 Å². The molecule has 0 spiro atoms. The quantitative estimate of drug-likeness (QED) is 0.578. The summed E-state index contributed by atoms with van der Waals surface area (Å²) in [5, 5.41) is 7.72. The molecule has 2 aromatic carbocycles. The minimum Gasteiger partial charge on any atom is -0.340 e. The number of halogens is 2. The van der Waals surface area contributed by atoms with E-state index in [2.05, 4.69) is 15.8 Å². The Balaban J connectivity index is 2.00. The first-order chi connectivity index (χ1) is 12.4. The molecular formula is C19H19Cl2N3O2. The first kappa shape index (κ1) is 19.9. The minimum absolute atomic E-state index is 0.121. The maximum atomic E-state index is 12.4. The van der Waals surface area contributed by atoms with Gasteiger partial charge >= 0.3 is 0 Å². The number of hydrogen-bond acceptors (Lipinski definition) is 3. The summed E-state index contributed by atoms with van der Waals surface area (Å²) in [6.07, 6.45) is 1.50. The smallest absolute Gasteiger partial charge is 0.262 e. The molecule has 0 fully saturated rings. The number of hydrazone groups is 1. The van der Waals surface area contributed by atoms with Crippen molar-refractivity contribution in [2.45, 2.75) is 19.9 Å². The van der Waals surface area contributed by atoms with E-state index in [9.17, 15) is 9.59 Å². The molecule has 2 N–H and O–H groups in total. The van der Waals surface area contributed by atoms with Gasteiger partial charge in [0.15, 0.2) is 0 Å². The summed E-state index contributed by atoms with van der Waals surface area (Å²) in [5.41, 5.74) is 3.63. The first-order valence-corrected chi connectivity index (χ1v) is 8.77. The van der Waals surface area contributed by atoms with E-state index in [0.717, 1.165) is 5.56 Å². The van der Waals surface area contributed by atoms with Gasteiger partial charge < -0.3 is 5.32 Å². The highest BCUT2D eigenvalue weighted by molar-refractivity contribution is 6.31. The van der Waals surface area contributed by atoms with E-state index in [4.69, 9.17) is 23.2 Å². The van der Waals surface area contributed by atoms with Gasteiger partial charge in [0.2, 0.25) is 0 Å². The Morgan fingerprint density at radius 2 is 1.73 bits per heavy atom. The highest BCUT2D eigenvalue weighted by Crippen LogP contribution is 2.12. The van der Waals surface area contributed by atoms with E-state index in [1.165, 1.54) is 6.21 Å². The van der Waals surface area contributed by atoms with Crippen LogP contribution in [0, 0.1) is 5.92 Å². The van der Waals surface area contributed by atoms with E-state index >= 15 is 0 Å². The number of rotatable bonds is 6. The van der Waals surface area contributed by atoms with Crippen LogP contribution in [0.5, 0.6) is 0 Å². The zero-order valence-corrected chi connectivity index (χ0v) is 15.9. The van der Waals surface area contributed by atoms with Crippen LogP contribution < -0.4 is 10.7 Å². The van der Waals surface area contributed by atoms with Crippen molar-refractivity contribution >= 4 is 41.2 Å². The van der Waals surface area contributed by atoms with Gasteiger partial charge in [-0.15, -0.1) is 0 Å². The van der Waals surface area contributed by atoms with Crippen molar-refractivity contribution in [1.29, 1.82) is 0 Å². The summed E-state index contributed by atoms with van der Waals surface area (Å²) in [6, 6.07) is 12.8. The monoisotopic (exact) mass is 391 g/mol. The molecule has 26 heavy (non-hydrogen) atoms. The van der Waals surface area contributed by atoms with Crippen LogP contribution in [0.3, 0.4) is 0 Å². The second-order valence-corrected chi connectivity index (χ2v) is 6.86. The molecule has 0 heterocycles. The molecule has 0 saturated heterocycles. The summed E-state index contributed by atoms with van der Waals surface area (Å²) < 4.78 is 0. The molecule has 0 aliphatic rings. The van der Waals surface area contributed by atoms with E-state index in [0.29, 0.717) is 15.6 Å². The number of benzene rings is 2. The number of nitrogens with one attached hydrogen (secondary N) is 2. The van der Waals surface area contributed by atoms with Crippen LogP contribution in [-0.2, 0) is 4.79 Å². The van der Waals surface area contributed by atoms with E-state index in [1.54, 1.807) is 48.5 Å². The number of amides is 2. The lowest BCUT2D eigenvalue weighted by Crippen LogP contribution is -2.48. The molecule has 0 aliphatic carbocycles. The van der Waals surface area contributed by atoms with Crippen molar-refractivity contribution in [3.05, 3.63) is 69.7 Å². The number of carbonyl (C=O) groups excluding carboxylic acids is 2. The summed E-state index contributed by atoms with van der Waals surface area (Å²) in [7, 11) is 0. The summed E-state index contributed by atoms with van der Waals surface area (Å²) in [5.74, 6) is -0.896. The van der Waals surface area contributed by atoms with Crippen molar-refractivity contribution in [3.8, 4) is 0 Å². The summed E-state index contributed by atoms with van der Waals surface area (Å²) in [6.45, 7) is 3.68. The number of nitrogens with zero attached hydrogens (tertiary/aromatic N) is 1. The summed E-state index contributed by atoms with van der Waals surface area (Å²) >= 11 is 11.7. The van der Waals surface area contributed by atoms with E-state index in [-0.39, 0.29) is 11.8 Å². The van der Waals surface area contributed by atoms with Gasteiger partial charge in [0.1, 0.15) is 6.04 Å². The third-order valence-electron chi connectivity index (χ3n) is 3.58. The molecule has 5 nitrogen and oxygen atoms in total. The fraction of sp³-hybridized carbons (Fsp3) is 0.211. The predicted molar refractivity (Wildman–Crippen MR) is 105 cm³/mol. The van der Waals surface area contributed by atoms with Crippen LogP contribution in [0.25, 0.3) is 0 Å². The fourth-order valence-electron chi connectivity index (χ4n) is 2.18. The molecule has 0 aromatic heterocycles. The molecule has 2 amide bonds. The van der Waals surface area contributed by atoms with Gasteiger partial charge in [0.05, 0.1) is 6.21 Å². The van der Waals surface area contributed by atoms with Gasteiger partial charge in [-0.3, -0.25) is 9.59 Å². The molecule has 0 bridgehead atoms.